The summed E-state index contributed by atoms with van der Waals surface area (Å²) in [5, 5.41) is 9.33. The van der Waals surface area contributed by atoms with Gasteiger partial charge < -0.3 is 9.84 Å². The van der Waals surface area contributed by atoms with E-state index in [1.807, 2.05) is 13.8 Å². The number of phenols is 1. The van der Waals surface area contributed by atoms with Gasteiger partial charge in [-0.15, -0.1) is 0 Å². The third-order valence-electron chi connectivity index (χ3n) is 1.95. The Morgan fingerprint density at radius 3 is 2.20 bits per heavy atom. The Morgan fingerprint density at radius 1 is 1.20 bits per heavy atom. The minimum Gasteiger partial charge on any atom is -0.508 e. The van der Waals surface area contributed by atoms with E-state index in [-0.39, 0.29) is 11.7 Å². The zero-order valence-corrected chi connectivity index (χ0v) is 9.92. The van der Waals surface area contributed by atoms with Gasteiger partial charge in [-0.3, -0.25) is 0 Å². The van der Waals surface area contributed by atoms with Crippen LogP contribution in [-0.4, -0.2) is 18.2 Å². The number of hydrogen-bond donors (Lipinski definition) is 1. The Balaban J connectivity index is 0.000000921. The summed E-state index contributed by atoms with van der Waals surface area (Å²) in [7, 11) is 1.34. The van der Waals surface area contributed by atoms with Gasteiger partial charge in [-0.1, -0.05) is 13.8 Å². The fraction of sp³-hybridized carbons (Fsp3) is 0.417. The van der Waals surface area contributed by atoms with E-state index in [2.05, 4.69) is 4.74 Å². The van der Waals surface area contributed by atoms with Crippen LogP contribution in [0.25, 0.3) is 0 Å². The van der Waals surface area contributed by atoms with E-state index in [0.29, 0.717) is 11.1 Å². The standard InChI is InChI=1S/C10H12O3.C2H6/c1-6-5-9(11)7(2)4-8(6)10(12)13-3;1-2/h4-5,11H,1-3H3;1-2H3. The van der Waals surface area contributed by atoms with Crippen LogP contribution in [-0.2, 0) is 4.74 Å². The van der Waals surface area contributed by atoms with Crippen molar-refractivity contribution >= 4 is 5.97 Å². The fourth-order valence-corrected chi connectivity index (χ4v) is 1.13. The van der Waals surface area contributed by atoms with Crippen LogP contribution in [0.3, 0.4) is 0 Å². The predicted molar refractivity (Wildman–Crippen MR) is 60.3 cm³/mol. The number of carbonyl (C=O) groups excluding carboxylic acids is 1. The minimum absolute atomic E-state index is 0.199. The second kappa shape index (κ2) is 6.06. The number of esters is 1. The summed E-state index contributed by atoms with van der Waals surface area (Å²) < 4.78 is 4.59. The Kier molecular flexibility index (Phi) is 5.45. The van der Waals surface area contributed by atoms with E-state index in [1.54, 1.807) is 26.0 Å². The Labute approximate surface area is 90.7 Å². The van der Waals surface area contributed by atoms with Crippen molar-refractivity contribution in [1.82, 2.24) is 0 Å². The zero-order chi connectivity index (χ0) is 12.0. The maximum Gasteiger partial charge on any atom is 0.338 e. The van der Waals surface area contributed by atoms with Gasteiger partial charge in [0.05, 0.1) is 12.7 Å². The molecule has 3 heteroatoms. The molecule has 3 nitrogen and oxygen atoms in total. The van der Waals surface area contributed by atoms with Crippen molar-refractivity contribution in [2.24, 2.45) is 0 Å². The summed E-state index contributed by atoms with van der Waals surface area (Å²) in [6, 6.07) is 3.18. The second-order valence-corrected chi connectivity index (χ2v) is 2.95. The van der Waals surface area contributed by atoms with Gasteiger partial charge in [-0.05, 0) is 37.1 Å². The van der Waals surface area contributed by atoms with Crippen LogP contribution in [0.1, 0.15) is 35.3 Å². The SMILES string of the molecule is CC.COC(=O)c1cc(C)c(O)cc1C. The molecule has 1 aromatic carbocycles. The molecule has 1 rings (SSSR count). The molecule has 0 spiro atoms. The van der Waals surface area contributed by atoms with Crippen molar-refractivity contribution in [3.8, 4) is 5.75 Å². The Bertz CT molecular complexity index is 343. The normalized spacial score (nSPS) is 8.87. The van der Waals surface area contributed by atoms with E-state index in [1.165, 1.54) is 7.11 Å². The van der Waals surface area contributed by atoms with Gasteiger partial charge in [-0.2, -0.15) is 0 Å². The molecule has 0 radical (unpaired) electrons. The summed E-state index contributed by atoms with van der Waals surface area (Å²) in [6.07, 6.45) is 0. The summed E-state index contributed by atoms with van der Waals surface area (Å²) in [6.45, 7) is 7.49. The number of hydrogen-bond acceptors (Lipinski definition) is 3. The Morgan fingerprint density at radius 2 is 1.73 bits per heavy atom. The lowest BCUT2D eigenvalue weighted by Gasteiger charge is -2.06. The van der Waals surface area contributed by atoms with Crippen LogP contribution < -0.4 is 0 Å². The van der Waals surface area contributed by atoms with Gasteiger partial charge in [0.15, 0.2) is 0 Å². The van der Waals surface area contributed by atoms with Crippen molar-refractivity contribution in [2.45, 2.75) is 27.7 Å². The quantitative estimate of drug-likeness (QED) is 0.725. The largest absolute Gasteiger partial charge is 0.508 e. The van der Waals surface area contributed by atoms with Gasteiger partial charge >= 0.3 is 5.97 Å². The number of aromatic hydroxyl groups is 1. The van der Waals surface area contributed by atoms with Gasteiger partial charge in [0.1, 0.15) is 5.75 Å². The summed E-state index contributed by atoms with van der Waals surface area (Å²) in [5.41, 5.74) is 1.89. The third kappa shape index (κ3) is 3.27. The molecule has 1 aromatic rings. The lowest BCUT2D eigenvalue weighted by atomic mass is 10.0. The first-order valence-electron chi connectivity index (χ1n) is 4.94. The molecule has 0 aliphatic rings. The van der Waals surface area contributed by atoms with E-state index in [0.717, 1.165) is 5.56 Å². The molecule has 0 bridgehead atoms. The first-order valence-corrected chi connectivity index (χ1v) is 4.94. The van der Waals surface area contributed by atoms with Gasteiger partial charge in [0, 0.05) is 0 Å². The summed E-state index contributed by atoms with van der Waals surface area (Å²) in [5.74, 6) is -0.175. The number of phenolic OH excluding ortho intramolecular Hbond substituents is 1. The van der Waals surface area contributed by atoms with Crippen molar-refractivity contribution in [1.29, 1.82) is 0 Å². The van der Waals surface area contributed by atoms with Crippen LogP contribution in [0.2, 0.25) is 0 Å². The molecule has 0 heterocycles. The lowest BCUT2D eigenvalue weighted by molar-refractivity contribution is 0.0600. The summed E-state index contributed by atoms with van der Waals surface area (Å²) in [4.78, 5) is 11.2. The van der Waals surface area contributed by atoms with E-state index >= 15 is 0 Å². The van der Waals surface area contributed by atoms with Gasteiger partial charge in [0.25, 0.3) is 0 Å². The minimum atomic E-state index is -0.374. The molecule has 0 aromatic heterocycles. The maximum absolute atomic E-state index is 11.2. The number of benzene rings is 1. The summed E-state index contributed by atoms with van der Waals surface area (Å²) >= 11 is 0. The molecule has 0 aliphatic heterocycles. The smallest absolute Gasteiger partial charge is 0.338 e. The first kappa shape index (κ1) is 13.5. The molecule has 1 N–H and O–H groups in total. The second-order valence-electron chi connectivity index (χ2n) is 2.95. The van der Waals surface area contributed by atoms with Crippen LogP contribution >= 0.6 is 0 Å². The third-order valence-corrected chi connectivity index (χ3v) is 1.95. The molecule has 0 amide bonds. The first-order chi connectivity index (χ1) is 7.06. The Hall–Kier alpha value is -1.51. The van der Waals surface area contributed by atoms with Gasteiger partial charge in [0.2, 0.25) is 0 Å². The number of carbonyl (C=O) groups is 1. The van der Waals surface area contributed by atoms with Crippen molar-refractivity contribution in [2.75, 3.05) is 7.11 Å². The van der Waals surface area contributed by atoms with Crippen LogP contribution in [0, 0.1) is 13.8 Å². The highest BCUT2D eigenvalue weighted by atomic mass is 16.5. The van der Waals surface area contributed by atoms with E-state index < -0.39 is 0 Å². The predicted octanol–water partition coefficient (Wildman–Crippen LogP) is 2.82. The highest BCUT2D eigenvalue weighted by Crippen LogP contribution is 2.21. The molecule has 0 saturated carbocycles. The van der Waals surface area contributed by atoms with Crippen molar-refractivity contribution in [3.05, 3.63) is 28.8 Å². The highest BCUT2D eigenvalue weighted by Gasteiger charge is 2.10. The maximum atomic E-state index is 11.2. The van der Waals surface area contributed by atoms with Crippen molar-refractivity contribution in [3.63, 3.8) is 0 Å². The number of methoxy groups -OCH3 is 1. The van der Waals surface area contributed by atoms with Crippen molar-refractivity contribution < 1.29 is 14.6 Å². The monoisotopic (exact) mass is 210 g/mol. The molecule has 15 heavy (non-hydrogen) atoms. The average Bonchev–Trinajstić information content (AvgIpc) is 2.25. The van der Waals surface area contributed by atoms with E-state index in [4.69, 9.17) is 0 Å². The van der Waals surface area contributed by atoms with Crippen LogP contribution in [0.5, 0.6) is 5.75 Å². The number of aryl methyl sites for hydroxylation is 2. The molecule has 0 fully saturated rings. The topological polar surface area (TPSA) is 46.5 Å². The van der Waals surface area contributed by atoms with Crippen LogP contribution in [0.15, 0.2) is 12.1 Å². The highest BCUT2D eigenvalue weighted by molar-refractivity contribution is 5.91. The molecule has 0 atom stereocenters. The molecular weight excluding hydrogens is 192 g/mol. The molecule has 0 unspecified atom stereocenters. The molecule has 0 aliphatic carbocycles. The average molecular weight is 210 g/mol. The fourth-order valence-electron chi connectivity index (χ4n) is 1.13. The molecule has 0 saturated heterocycles. The number of ether oxygens (including phenoxy) is 1. The van der Waals surface area contributed by atoms with Crippen LogP contribution in [0.4, 0.5) is 0 Å². The lowest BCUT2D eigenvalue weighted by Crippen LogP contribution is -2.04. The van der Waals surface area contributed by atoms with Gasteiger partial charge in [-0.25, -0.2) is 4.79 Å². The number of rotatable bonds is 1. The molecule has 84 valence electrons. The zero-order valence-electron chi connectivity index (χ0n) is 9.92. The van der Waals surface area contributed by atoms with E-state index in [9.17, 15) is 9.90 Å². The molecular formula is C12H18O3.